The van der Waals surface area contributed by atoms with Crippen LogP contribution in [-0.4, -0.2) is 22.2 Å². The Morgan fingerprint density at radius 1 is 1.56 bits per heavy atom. The molecule has 0 fully saturated rings. The molecular formula is C12H19FN2O. The lowest BCUT2D eigenvalue weighted by atomic mass is 10.0. The van der Waals surface area contributed by atoms with E-state index in [0.717, 1.165) is 5.56 Å². The number of rotatable bonds is 5. The molecule has 16 heavy (non-hydrogen) atoms. The summed E-state index contributed by atoms with van der Waals surface area (Å²) in [6.45, 7) is 6.09. The average molecular weight is 226 g/mol. The van der Waals surface area contributed by atoms with Crippen LogP contribution in [0, 0.1) is 5.82 Å². The minimum atomic E-state index is -0.727. The predicted octanol–water partition coefficient (Wildman–Crippen LogP) is 2.03. The van der Waals surface area contributed by atoms with Gasteiger partial charge >= 0.3 is 0 Å². The van der Waals surface area contributed by atoms with Gasteiger partial charge in [0.1, 0.15) is 5.82 Å². The number of hydrogen-bond donors (Lipinski definition) is 2. The maximum absolute atomic E-state index is 12.9. The van der Waals surface area contributed by atoms with Crippen LogP contribution in [0.3, 0.4) is 0 Å². The van der Waals surface area contributed by atoms with Crippen molar-refractivity contribution in [3.63, 3.8) is 0 Å². The molecular weight excluding hydrogens is 207 g/mol. The van der Waals surface area contributed by atoms with Crippen molar-refractivity contribution in [1.82, 2.24) is 10.3 Å². The largest absolute Gasteiger partial charge is 0.389 e. The molecule has 2 unspecified atom stereocenters. The van der Waals surface area contributed by atoms with Gasteiger partial charge in [-0.15, -0.1) is 0 Å². The fourth-order valence-electron chi connectivity index (χ4n) is 1.28. The summed E-state index contributed by atoms with van der Waals surface area (Å²) in [7, 11) is 0. The number of halogens is 1. The van der Waals surface area contributed by atoms with Gasteiger partial charge in [-0.1, -0.05) is 6.92 Å². The van der Waals surface area contributed by atoms with E-state index in [9.17, 15) is 9.50 Å². The van der Waals surface area contributed by atoms with E-state index >= 15 is 0 Å². The van der Waals surface area contributed by atoms with Crippen LogP contribution in [0.2, 0.25) is 0 Å². The van der Waals surface area contributed by atoms with E-state index in [-0.39, 0.29) is 11.9 Å². The number of nitrogens with one attached hydrogen (secondary N) is 1. The third kappa shape index (κ3) is 3.87. The first-order valence-corrected chi connectivity index (χ1v) is 5.51. The Hall–Kier alpha value is -1.00. The Kier molecular flexibility index (Phi) is 4.38. The molecule has 0 aliphatic rings. The molecule has 0 aromatic carbocycles. The minimum Gasteiger partial charge on any atom is -0.389 e. The topological polar surface area (TPSA) is 45.1 Å². The van der Waals surface area contributed by atoms with E-state index in [0.29, 0.717) is 13.0 Å². The SMILES string of the molecule is CCC(C)(O)CNC(C)c1cncc(F)c1. The maximum Gasteiger partial charge on any atom is 0.141 e. The van der Waals surface area contributed by atoms with Crippen molar-refractivity contribution in [3.05, 3.63) is 29.8 Å². The zero-order valence-corrected chi connectivity index (χ0v) is 10.00. The highest BCUT2D eigenvalue weighted by molar-refractivity contribution is 5.14. The monoisotopic (exact) mass is 226 g/mol. The summed E-state index contributed by atoms with van der Waals surface area (Å²) in [5.41, 5.74) is 0.0570. The van der Waals surface area contributed by atoms with Crippen LogP contribution in [-0.2, 0) is 0 Å². The van der Waals surface area contributed by atoms with Gasteiger partial charge in [-0.25, -0.2) is 4.39 Å². The molecule has 0 spiro atoms. The second kappa shape index (κ2) is 5.37. The molecule has 2 N–H and O–H groups in total. The molecule has 0 aliphatic carbocycles. The van der Waals surface area contributed by atoms with Crippen molar-refractivity contribution in [3.8, 4) is 0 Å². The molecule has 2 atom stereocenters. The second-order valence-corrected chi connectivity index (χ2v) is 4.39. The molecule has 3 nitrogen and oxygen atoms in total. The molecule has 1 aromatic rings. The maximum atomic E-state index is 12.9. The van der Waals surface area contributed by atoms with E-state index in [1.165, 1.54) is 12.3 Å². The van der Waals surface area contributed by atoms with E-state index in [1.807, 2.05) is 13.8 Å². The number of aromatic nitrogens is 1. The van der Waals surface area contributed by atoms with Gasteiger partial charge in [0.25, 0.3) is 0 Å². The molecule has 0 saturated carbocycles. The van der Waals surface area contributed by atoms with Crippen LogP contribution >= 0.6 is 0 Å². The van der Waals surface area contributed by atoms with Crippen molar-refractivity contribution in [1.29, 1.82) is 0 Å². The summed E-state index contributed by atoms with van der Waals surface area (Å²) in [5, 5.41) is 13.0. The molecule has 0 bridgehead atoms. The van der Waals surface area contributed by atoms with Crippen molar-refractivity contribution < 1.29 is 9.50 Å². The van der Waals surface area contributed by atoms with Gasteiger partial charge in [0, 0.05) is 18.8 Å². The van der Waals surface area contributed by atoms with E-state index in [4.69, 9.17) is 0 Å². The number of nitrogens with zero attached hydrogens (tertiary/aromatic N) is 1. The highest BCUT2D eigenvalue weighted by Gasteiger charge is 2.18. The zero-order valence-electron chi connectivity index (χ0n) is 10.00. The molecule has 1 rings (SSSR count). The molecule has 0 amide bonds. The van der Waals surface area contributed by atoms with Crippen LogP contribution < -0.4 is 5.32 Å². The quantitative estimate of drug-likeness (QED) is 0.807. The number of hydrogen-bond acceptors (Lipinski definition) is 3. The molecule has 90 valence electrons. The van der Waals surface area contributed by atoms with Crippen LogP contribution in [0.25, 0.3) is 0 Å². The standard InChI is InChI=1S/C12H19FN2O/c1-4-12(3,16)8-15-9(2)10-5-11(13)7-14-6-10/h5-7,9,15-16H,4,8H2,1-3H3. The number of pyridine rings is 1. The van der Waals surface area contributed by atoms with Gasteiger partial charge in [0.15, 0.2) is 0 Å². The molecule has 0 saturated heterocycles. The molecule has 0 aliphatic heterocycles. The number of aliphatic hydroxyl groups is 1. The lowest BCUT2D eigenvalue weighted by molar-refractivity contribution is 0.0533. The first-order valence-electron chi connectivity index (χ1n) is 5.51. The van der Waals surface area contributed by atoms with Gasteiger partial charge in [-0.2, -0.15) is 0 Å². The van der Waals surface area contributed by atoms with E-state index in [1.54, 1.807) is 13.1 Å². The van der Waals surface area contributed by atoms with Crippen LogP contribution in [0.1, 0.15) is 38.8 Å². The Morgan fingerprint density at radius 3 is 2.81 bits per heavy atom. The lowest BCUT2D eigenvalue weighted by Crippen LogP contribution is -2.38. The lowest BCUT2D eigenvalue weighted by Gasteiger charge is -2.24. The van der Waals surface area contributed by atoms with Crippen molar-refractivity contribution in [2.75, 3.05) is 6.54 Å². The molecule has 1 heterocycles. The summed E-state index contributed by atoms with van der Waals surface area (Å²) < 4.78 is 12.9. The predicted molar refractivity (Wildman–Crippen MR) is 61.5 cm³/mol. The van der Waals surface area contributed by atoms with Gasteiger partial charge < -0.3 is 10.4 Å². The summed E-state index contributed by atoms with van der Waals surface area (Å²) in [6.07, 6.45) is 3.48. The van der Waals surface area contributed by atoms with Crippen molar-refractivity contribution in [2.45, 2.75) is 38.8 Å². The molecule has 1 aromatic heterocycles. The highest BCUT2D eigenvalue weighted by atomic mass is 19.1. The average Bonchev–Trinajstić information content (AvgIpc) is 2.26. The molecule has 4 heteroatoms. The Balaban J connectivity index is 2.56. The smallest absolute Gasteiger partial charge is 0.141 e. The van der Waals surface area contributed by atoms with Gasteiger partial charge in [-0.05, 0) is 31.9 Å². The zero-order chi connectivity index (χ0) is 12.2. The Labute approximate surface area is 95.7 Å². The fourth-order valence-corrected chi connectivity index (χ4v) is 1.28. The van der Waals surface area contributed by atoms with Gasteiger partial charge in [0.2, 0.25) is 0 Å². The first-order chi connectivity index (χ1) is 7.44. The molecule has 0 radical (unpaired) electrons. The minimum absolute atomic E-state index is 0.0266. The van der Waals surface area contributed by atoms with E-state index in [2.05, 4.69) is 10.3 Å². The third-order valence-electron chi connectivity index (χ3n) is 2.78. The third-order valence-corrected chi connectivity index (χ3v) is 2.78. The second-order valence-electron chi connectivity index (χ2n) is 4.39. The van der Waals surface area contributed by atoms with Crippen LogP contribution in [0.5, 0.6) is 0 Å². The van der Waals surface area contributed by atoms with Crippen molar-refractivity contribution in [2.24, 2.45) is 0 Å². The summed E-state index contributed by atoms with van der Waals surface area (Å²) in [6, 6.07) is 1.42. The van der Waals surface area contributed by atoms with Gasteiger partial charge in [-0.3, -0.25) is 4.98 Å². The van der Waals surface area contributed by atoms with Crippen LogP contribution in [0.15, 0.2) is 18.5 Å². The van der Waals surface area contributed by atoms with Gasteiger partial charge in [0.05, 0.1) is 11.8 Å². The van der Waals surface area contributed by atoms with Crippen LogP contribution in [0.4, 0.5) is 4.39 Å². The highest BCUT2D eigenvalue weighted by Crippen LogP contribution is 2.14. The normalized spacial score (nSPS) is 16.8. The summed E-state index contributed by atoms with van der Waals surface area (Å²) in [5.74, 6) is -0.339. The summed E-state index contributed by atoms with van der Waals surface area (Å²) in [4.78, 5) is 3.79. The van der Waals surface area contributed by atoms with Crippen molar-refractivity contribution >= 4 is 0 Å². The summed E-state index contributed by atoms with van der Waals surface area (Å²) >= 11 is 0. The van der Waals surface area contributed by atoms with E-state index < -0.39 is 5.60 Å². The Bertz CT molecular complexity index is 342. The fraction of sp³-hybridized carbons (Fsp3) is 0.583. The first kappa shape index (κ1) is 13.1. The Morgan fingerprint density at radius 2 is 2.25 bits per heavy atom.